The minimum absolute atomic E-state index is 0.134. The average molecular weight is 257 g/mol. The van der Waals surface area contributed by atoms with Gasteiger partial charge >= 0.3 is 0 Å². The van der Waals surface area contributed by atoms with Crippen molar-refractivity contribution in [2.45, 2.75) is 51.0 Å². The third-order valence-corrected chi connectivity index (χ3v) is 4.53. The molecule has 2 aliphatic rings. The maximum Gasteiger partial charge on any atom is 0.238 e. The third kappa shape index (κ3) is 1.57. The molecule has 1 atom stereocenters. The molecule has 3 nitrogen and oxygen atoms in total. The van der Waals surface area contributed by atoms with Crippen LogP contribution in [0, 0.1) is 0 Å². The molecular formula is C16H19NO2. The molecule has 1 spiro atoms. The number of carbonyl (C=O) groups is 2. The van der Waals surface area contributed by atoms with Crippen molar-refractivity contribution in [3.8, 4) is 0 Å². The van der Waals surface area contributed by atoms with Crippen LogP contribution in [-0.2, 0) is 21.4 Å². The van der Waals surface area contributed by atoms with E-state index < -0.39 is 0 Å². The van der Waals surface area contributed by atoms with Gasteiger partial charge in [0.25, 0.3) is 0 Å². The average Bonchev–Trinajstić information content (AvgIpc) is 3.21. The predicted octanol–water partition coefficient (Wildman–Crippen LogP) is 2.60. The lowest BCUT2D eigenvalue weighted by Crippen LogP contribution is -2.41. The first-order chi connectivity index (χ1) is 9.17. The molecule has 0 radical (unpaired) electrons. The molecule has 19 heavy (non-hydrogen) atoms. The standard InChI is InChI=1S/C16H19NO2/c1-3-11-5-6-14-13(9-11)16(7-8-16)15(19)17(14)12(4-2)10-18/h5-6,9-10,12H,3-4,7-8H2,1-2H3. The number of amides is 1. The van der Waals surface area contributed by atoms with Crippen LogP contribution in [0.3, 0.4) is 0 Å². The van der Waals surface area contributed by atoms with Crippen LogP contribution in [0.25, 0.3) is 0 Å². The van der Waals surface area contributed by atoms with E-state index in [0.717, 1.165) is 36.8 Å². The predicted molar refractivity (Wildman–Crippen MR) is 74.4 cm³/mol. The molecule has 100 valence electrons. The summed E-state index contributed by atoms with van der Waals surface area (Å²) in [6, 6.07) is 5.93. The van der Waals surface area contributed by atoms with Crippen LogP contribution >= 0.6 is 0 Å². The molecule has 0 aromatic heterocycles. The van der Waals surface area contributed by atoms with E-state index in [-0.39, 0.29) is 17.4 Å². The second-order valence-electron chi connectivity index (χ2n) is 5.57. The SMILES string of the molecule is CCc1ccc2c(c1)C1(CC1)C(=O)N2C(C=O)CC. The van der Waals surface area contributed by atoms with Gasteiger partial charge < -0.3 is 9.69 Å². The highest BCUT2D eigenvalue weighted by atomic mass is 16.2. The van der Waals surface area contributed by atoms with Crippen LogP contribution in [0.1, 0.15) is 44.2 Å². The molecule has 1 amide bonds. The van der Waals surface area contributed by atoms with Gasteiger partial charge in [-0.1, -0.05) is 26.0 Å². The Labute approximate surface area is 113 Å². The normalized spacial score (nSPS) is 20.5. The molecule has 1 aromatic rings. The first-order valence-corrected chi connectivity index (χ1v) is 7.10. The molecule has 1 saturated carbocycles. The smallest absolute Gasteiger partial charge is 0.238 e. The lowest BCUT2D eigenvalue weighted by atomic mass is 9.95. The zero-order valence-electron chi connectivity index (χ0n) is 11.5. The van der Waals surface area contributed by atoms with Gasteiger partial charge in [-0.05, 0) is 42.9 Å². The summed E-state index contributed by atoms with van der Waals surface area (Å²) in [5.74, 6) is 0.134. The number of hydrogen-bond acceptors (Lipinski definition) is 2. The second kappa shape index (κ2) is 4.19. The number of benzene rings is 1. The van der Waals surface area contributed by atoms with Crippen LogP contribution in [0.4, 0.5) is 5.69 Å². The number of nitrogens with zero attached hydrogens (tertiary/aromatic N) is 1. The number of aldehydes is 1. The Bertz CT molecular complexity index is 546. The van der Waals surface area contributed by atoms with E-state index in [1.165, 1.54) is 5.56 Å². The Balaban J connectivity index is 2.12. The summed E-state index contributed by atoms with van der Waals surface area (Å²) >= 11 is 0. The van der Waals surface area contributed by atoms with Crippen molar-refractivity contribution in [2.24, 2.45) is 0 Å². The van der Waals surface area contributed by atoms with Gasteiger partial charge in [0.1, 0.15) is 6.29 Å². The molecule has 1 fully saturated rings. The Morgan fingerprint density at radius 1 is 1.37 bits per heavy atom. The van der Waals surface area contributed by atoms with E-state index in [9.17, 15) is 9.59 Å². The van der Waals surface area contributed by atoms with Gasteiger partial charge in [-0.3, -0.25) is 4.79 Å². The van der Waals surface area contributed by atoms with Gasteiger partial charge in [-0.2, -0.15) is 0 Å². The molecule has 1 unspecified atom stereocenters. The van der Waals surface area contributed by atoms with Crippen LogP contribution in [0.15, 0.2) is 18.2 Å². The highest BCUT2D eigenvalue weighted by molar-refractivity contribution is 6.12. The van der Waals surface area contributed by atoms with Gasteiger partial charge in [0.05, 0.1) is 11.5 Å². The van der Waals surface area contributed by atoms with Crippen molar-refractivity contribution in [3.05, 3.63) is 29.3 Å². The van der Waals surface area contributed by atoms with Gasteiger partial charge in [0, 0.05) is 5.69 Å². The summed E-state index contributed by atoms with van der Waals surface area (Å²) in [4.78, 5) is 25.6. The van der Waals surface area contributed by atoms with Gasteiger partial charge in [-0.15, -0.1) is 0 Å². The Morgan fingerprint density at radius 2 is 2.11 bits per heavy atom. The van der Waals surface area contributed by atoms with Crippen LogP contribution < -0.4 is 4.90 Å². The summed E-state index contributed by atoms with van der Waals surface area (Å²) in [6.45, 7) is 4.07. The Hall–Kier alpha value is -1.64. The van der Waals surface area contributed by atoms with Gasteiger partial charge in [0.2, 0.25) is 5.91 Å². The minimum Gasteiger partial charge on any atom is -0.301 e. The first kappa shape index (κ1) is 12.4. The fraction of sp³-hybridized carbons (Fsp3) is 0.500. The summed E-state index contributed by atoms with van der Waals surface area (Å²) in [7, 11) is 0. The first-order valence-electron chi connectivity index (χ1n) is 7.10. The van der Waals surface area contributed by atoms with Crippen molar-refractivity contribution in [1.82, 2.24) is 0 Å². The van der Waals surface area contributed by atoms with E-state index in [2.05, 4.69) is 19.1 Å². The highest BCUT2D eigenvalue weighted by Crippen LogP contribution is 2.58. The Morgan fingerprint density at radius 3 is 2.63 bits per heavy atom. The quantitative estimate of drug-likeness (QED) is 0.777. The molecular weight excluding hydrogens is 238 g/mol. The molecule has 0 N–H and O–H groups in total. The molecule has 1 aliphatic carbocycles. The van der Waals surface area contributed by atoms with Crippen molar-refractivity contribution in [2.75, 3.05) is 4.90 Å². The summed E-state index contributed by atoms with van der Waals surface area (Å²) in [5.41, 5.74) is 3.08. The molecule has 1 aliphatic heterocycles. The monoisotopic (exact) mass is 257 g/mol. The largest absolute Gasteiger partial charge is 0.301 e. The number of rotatable bonds is 4. The van der Waals surface area contributed by atoms with E-state index in [4.69, 9.17) is 0 Å². The summed E-state index contributed by atoms with van der Waals surface area (Å²) in [6.07, 6.45) is 4.40. The lowest BCUT2D eigenvalue weighted by Gasteiger charge is -2.23. The fourth-order valence-electron chi connectivity index (χ4n) is 3.13. The van der Waals surface area contributed by atoms with E-state index in [1.807, 2.05) is 13.0 Å². The topological polar surface area (TPSA) is 37.4 Å². The minimum atomic E-state index is -0.321. The van der Waals surface area contributed by atoms with Crippen molar-refractivity contribution < 1.29 is 9.59 Å². The molecule has 3 heteroatoms. The maximum absolute atomic E-state index is 12.7. The fourth-order valence-corrected chi connectivity index (χ4v) is 3.13. The number of fused-ring (bicyclic) bond motifs is 2. The van der Waals surface area contributed by atoms with Crippen molar-refractivity contribution in [3.63, 3.8) is 0 Å². The summed E-state index contributed by atoms with van der Waals surface area (Å²) in [5, 5.41) is 0. The number of anilines is 1. The highest BCUT2D eigenvalue weighted by Gasteiger charge is 2.60. The number of carbonyl (C=O) groups excluding carboxylic acids is 2. The van der Waals surface area contributed by atoms with E-state index in [1.54, 1.807) is 4.90 Å². The van der Waals surface area contributed by atoms with Crippen LogP contribution in [0.2, 0.25) is 0 Å². The van der Waals surface area contributed by atoms with Crippen LogP contribution in [-0.4, -0.2) is 18.2 Å². The molecule has 1 heterocycles. The Kier molecular flexibility index (Phi) is 2.73. The molecule has 0 saturated heterocycles. The molecule has 3 rings (SSSR count). The lowest BCUT2D eigenvalue weighted by molar-refractivity contribution is -0.122. The maximum atomic E-state index is 12.7. The second-order valence-corrected chi connectivity index (χ2v) is 5.57. The van der Waals surface area contributed by atoms with Gasteiger partial charge in [-0.25, -0.2) is 0 Å². The third-order valence-electron chi connectivity index (χ3n) is 4.53. The van der Waals surface area contributed by atoms with E-state index >= 15 is 0 Å². The van der Waals surface area contributed by atoms with E-state index in [0.29, 0.717) is 6.42 Å². The zero-order chi connectivity index (χ0) is 13.6. The van der Waals surface area contributed by atoms with Crippen molar-refractivity contribution in [1.29, 1.82) is 0 Å². The van der Waals surface area contributed by atoms with Crippen molar-refractivity contribution >= 4 is 17.9 Å². The number of hydrogen-bond donors (Lipinski definition) is 0. The number of aryl methyl sites for hydroxylation is 1. The van der Waals surface area contributed by atoms with Crippen LogP contribution in [0.5, 0.6) is 0 Å². The molecule has 0 bridgehead atoms. The summed E-state index contributed by atoms with van der Waals surface area (Å²) < 4.78 is 0. The van der Waals surface area contributed by atoms with Gasteiger partial charge in [0.15, 0.2) is 0 Å². The zero-order valence-corrected chi connectivity index (χ0v) is 11.5. The molecule has 1 aromatic carbocycles.